The van der Waals surface area contributed by atoms with Gasteiger partial charge in [0.1, 0.15) is 23.8 Å². The van der Waals surface area contributed by atoms with E-state index in [1.807, 2.05) is 6.92 Å². The monoisotopic (exact) mass is 284 g/mol. The van der Waals surface area contributed by atoms with Crippen molar-refractivity contribution in [2.24, 2.45) is 0 Å². The van der Waals surface area contributed by atoms with Gasteiger partial charge >= 0.3 is 0 Å². The molecular weight excluding hydrogens is 268 g/mol. The zero-order valence-corrected chi connectivity index (χ0v) is 11.8. The maximum Gasteiger partial charge on any atom is 0.181 e. The molecule has 1 aliphatic rings. The van der Waals surface area contributed by atoms with E-state index in [0.717, 1.165) is 12.2 Å². The Morgan fingerprint density at radius 1 is 1.57 bits per heavy atom. The van der Waals surface area contributed by atoms with E-state index in [-0.39, 0.29) is 6.10 Å². The molecule has 0 spiro atoms. The fourth-order valence-electron chi connectivity index (χ4n) is 2.35. The third-order valence-corrected chi connectivity index (χ3v) is 3.45. The molecule has 0 amide bonds. The van der Waals surface area contributed by atoms with Gasteiger partial charge in [-0.1, -0.05) is 6.92 Å². The number of pyridine rings is 1. The molecule has 21 heavy (non-hydrogen) atoms. The van der Waals surface area contributed by atoms with Crippen molar-refractivity contribution in [3.8, 4) is 6.07 Å². The molecule has 1 fully saturated rings. The number of aromatic nitrogens is 4. The smallest absolute Gasteiger partial charge is 0.181 e. The van der Waals surface area contributed by atoms with Crippen molar-refractivity contribution in [1.29, 1.82) is 5.26 Å². The summed E-state index contributed by atoms with van der Waals surface area (Å²) in [6.07, 6.45) is 2.30. The van der Waals surface area contributed by atoms with Crippen LogP contribution in [0.2, 0.25) is 0 Å². The summed E-state index contributed by atoms with van der Waals surface area (Å²) in [5.41, 5.74) is 0.572. The second-order valence-corrected chi connectivity index (χ2v) is 4.79. The van der Waals surface area contributed by atoms with Crippen LogP contribution in [0.4, 0.5) is 5.82 Å². The van der Waals surface area contributed by atoms with Crippen LogP contribution < -0.4 is 4.90 Å². The Morgan fingerprint density at radius 2 is 2.48 bits per heavy atom. The molecule has 1 unspecified atom stereocenters. The highest BCUT2D eigenvalue weighted by Gasteiger charge is 2.27. The summed E-state index contributed by atoms with van der Waals surface area (Å²) in [7, 11) is 0. The maximum absolute atomic E-state index is 9.19. The van der Waals surface area contributed by atoms with Crippen molar-refractivity contribution in [3.05, 3.63) is 35.5 Å². The van der Waals surface area contributed by atoms with Crippen LogP contribution >= 0.6 is 0 Å². The van der Waals surface area contributed by atoms with Crippen LogP contribution in [0.25, 0.3) is 0 Å². The van der Waals surface area contributed by atoms with Crippen LogP contribution in [0.15, 0.2) is 18.3 Å². The second-order valence-electron chi connectivity index (χ2n) is 4.79. The van der Waals surface area contributed by atoms with Crippen molar-refractivity contribution >= 4 is 5.82 Å². The van der Waals surface area contributed by atoms with Gasteiger partial charge in [0.25, 0.3) is 0 Å². The number of nitrogens with zero attached hydrogens (tertiary/aromatic N) is 5. The minimum atomic E-state index is -0.205. The van der Waals surface area contributed by atoms with Crippen LogP contribution in [-0.4, -0.2) is 39.9 Å². The van der Waals surface area contributed by atoms with E-state index in [1.165, 1.54) is 0 Å². The summed E-state index contributed by atoms with van der Waals surface area (Å²) in [5.74, 6) is 2.20. The first-order valence-corrected chi connectivity index (χ1v) is 6.94. The standard InChI is InChI=1S/C14H16N6O/c1-2-12-17-13(19-18-12)11-9-20(6-7-21-11)14-10(8-15)4-3-5-16-14/h3-5,11H,2,6-7,9H2,1H3,(H,17,18,19). The van der Waals surface area contributed by atoms with E-state index in [0.29, 0.717) is 36.9 Å². The summed E-state index contributed by atoms with van der Waals surface area (Å²) in [6, 6.07) is 5.72. The van der Waals surface area contributed by atoms with Crippen molar-refractivity contribution in [2.75, 3.05) is 24.6 Å². The van der Waals surface area contributed by atoms with Gasteiger partial charge in [-0.15, -0.1) is 0 Å². The fourth-order valence-corrected chi connectivity index (χ4v) is 2.35. The lowest BCUT2D eigenvalue weighted by molar-refractivity contribution is 0.0339. The fraction of sp³-hybridized carbons (Fsp3) is 0.429. The summed E-state index contributed by atoms with van der Waals surface area (Å²) in [6.45, 7) is 3.87. The molecule has 0 radical (unpaired) electrons. The summed E-state index contributed by atoms with van der Waals surface area (Å²) in [4.78, 5) is 10.8. The maximum atomic E-state index is 9.19. The number of anilines is 1. The number of hydrogen-bond donors (Lipinski definition) is 1. The van der Waals surface area contributed by atoms with Crippen molar-refractivity contribution in [1.82, 2.24) is 20.2 Å². The summed E-state index contributed by atoms with van der Waals surface area (Å²) < 4.78 is 5.75. The SMILES string of the molecule is CCc1nc(C2CN(c3ncccc3C#N)CCO2)n[nH]1. The molecule has 7 nitrogen and oxygen atoms in total. The Kier molecular flexibility index (Phi) is 3.79. The van der Waals surface area contributed by atoms with Crippen LogP contribution in [-0.2, 0) is 11.2 Å². The van der Waals surface area contributed by atoms with E-state index < -0.39 is 0 Å². The third-order valence-electron chi connectivity index (χ3n) is 3.45. The zero-order valence-electron chi connectivity index (χ0n) is 11.8. The number of rotatable bonds is 3. The van der Waals surface area contributed by atoms with Crippen molar-refractivity contribution in [2.45, 2.75) is 19.4 Å². The third kappa shape index (κ3) is 2.71. The molecule has 108 valence electrons. The first kappa shape index (κ1) is 13.5. The number of hydrogen-bond acceptors (Lipinski definition) is 6. The number of morpholine rings is 1. The highest BCUT2D eigenvalue weighted by molar-refractivity contribution is 5.53. The molecule has 3 rings (SSSR count). The van der Waals surface area contributed by atoms with Gasteiger partial charge in [0.15, 0.2) is 5.82 Å². The number of nitrogens with one attached hydrogen (secondary N) is 1. The van der Waals surface area contributed by atoms with Gasteiger partial charge in [0.05, 0.1) is 18.7 Å². The summed E-state index contributed by atoms with van der Waals surface area (Å²) in [5, 5.41) is 16.3. The topological polar surface area (TPSA) is 90.7 Å². The quantitative estimate of drug-likeness (QED) is 0.911. The van der Waals surface area contributed by atoms with Crippen LogP contribution in [0.3, 0.4) is 0 Å². The molecule has 7 heteroatoms. The molecule has 0 saturated carbocycles. The van der Waals surface area contributed by atoms with E-state index >= 15 is 0 Å². The predicted molar refractivity (Wildman–Crippen MR) is 75.6 cm³/mol. The normalized spacial score (nSPS) is 18.5. The molecule has 1 saturated heterocycles. The van der Waals surface area contributed by atoms with Crippen LogP contribution in [0.1, 0.15) is 30.2 Å². The van der Waals surface area contributed by atoms with Crippen molar-refractivity contribution in [3.63, 3.8) is 0 Å². The van der Waals surface area contributed by atoms with E-state index in [4.69, 9.17) is 4.74 Å². The first-order chi connectivity index (χ1) is 10.3. The highest BCUT2D eigenvalue weighted by atomic mass is 16.5. The number of ether oxygens (including phenoxy) is 1. The minimum absolute atomic E-state index is 0.205. The molecule has 1 aliphatic heterocycles. The largest absolute Gasteiger partial charge is 0.366 e. The first-order valence-electron chi connectivity index (χ1n) is 6.94. The molecule has 0 bridgehead atoms. The summed E-state index contributed by atoms with van der Waals surface area (Å²) >= 11 is 0. The van der Waals surface area contributed by atoms with Gasteiger partial charge in [-0.25, -0.2) is 9.97 Å². The molecular formula is C14H16N6O. The molecule has 2 aromatic rings. The molecule has 3 heterocycles. The number of nitriles is 1. The number of aromatic amines is 1. The van der Waals surface area contributed by atoms with E-state index in [2.05, 4.69) is 31.1 Å². The van der Waals surface area contributed by atoms with Gasteiger partial charge < -0.3 is 9.64 Å². The van der Waals surface area contributed by atoms with Crippen molar-refractivity contribution < 1.29 is 4.74 Å². The zero-order chi connectivity index (χ0) is 14.7. The predicted octanol–water partition coefficient (Wildman–Crippen LogP) is 1.21. The van der Waals surface area contributed by atoms with Gasteiger partial charge in [0.2, 0.25) is 0 Å². The van der Waals surface area contributed by atoms with Crippen LogP contribution in [0, 0.1) is 11.3 Å². The Morgan fingerprint density at radius 3 is 3.24 bits per heavy atom. The lowest BCUT2D eigenvalue weighted by Gasteiger charge is -2.32. The lowest BCUT2D eigenvalue weighted by Crippen LogP contribution is -2.39. The molecule has 1 N–H and O–H groups in total. The second kappa shape index (κ2) is 5.89. The average Bonchev–Trinajstić information content (AvgIpc) is 3.04. The van der Waals surface area contributed by atoms with Crippen LogP contribution in [0.5, 0.6) is 0 Å². The highest BCUT2D eigenvalue weighted by Crippen LogP contribution is 2.24. The van der Waals surface area contributed by atoms with Gasteiger partial charge in [-0.3, -0.25) is 5.10 Å². The Balaban J connectivity index is 1.81. The Labute approximate surface area is 122 Å². The van der Waals surface area contributed by atoms with E-state index in [1.54, 1.807) is 18.3 Å². The molecule has 1 atom stereocenters. The number of H-pyrrole nitrogens is 1. The van der Waals surface area contributed by atoms with Gasteiger partial charge in [-0.2, -0.15) is 10.4 Å². The van der Waals surface area contributed by atoms with Gasteiger partial charge in [0, 0.05) is 19.2 Å². The molecule has 2 aromatic heterocycles. The average molecular weight is 284 g/mol. The molecule has 0 aromatic carbocycles. The van der Waals surface area contributed by atoms with E-state index in [9.17, 15) is 5.26 Å². The Hall–Kier alpha value is -2.46. The molecule has 0 aliphatic carbocycles. The minimum Gasteiger partial charge on any atom is -0.366 e. The lowest BCUT2D eigenvalue weighted by atomic mass is 10.2. The number of aryl methyl sites for hydroxylation is 1. The Bertz CT molecular complexity index is 661. The van der Waals surface area contributed by atoms with Gasteiger partial charge in [-0.05, 0) is 12.1 Å².